The van der Waals surface area contributed by atoms with Crippen LogP contribution in [0.25, 0.3) is 0 Å². The number of nitrogens with one attached hydrogen (secondary N) is 1. The van der Waals surface area contributed by atoms with Gasteiger partial charge in [0, 0.05) is 29.4 Å². The fraction of sp³-hybridized carbons (Fsp3) is 0.579. The minimum absolute atomic E-state index is 0.00802. The van der Waals surface area contributed by atoms with Gasteiger partial charge in [-0.3, -0.25) is 9.59 Å². The smallest absolute Gasteiger partial charge is 0.225 e. The van der Waals surface area contributed by atoms with Crippen LogP contribution in [0.3, 0.4) is 0 Å². The highest BCUT2D eigenvalue weighted by atomic mass is 79.9. The Morgan fingerprint density at radius 2 is 1.88 bits per heavy atom. The number of hydrogen-bond donors (Lipinski definition) is 1. The van der Waals surface area contributed by atoms with Crippen LogP contribution >= 0.6 is 15.9 Å². The van der Waals surface area contributed by atoms with Gasteiger partial charge in [0.25, 0.3) is 0 Å². The van der Waals surface area contributed by atoms with E-state index in [1.54, 1.807) is 0 Å². The van der Waals surface area contributed by atoms with E-state index in [9.17, 15) is 9.59 Å². The van der Waals surface area contributed by atoms with Crippen molar-refractivity contribution in [2.45, 2.75) is 53.5 Å². The van der Waals surface area contributed by atoms with Crippen molar-refractivity contribution in [1.29, 1.82) is 0 Å². The van der Waals surface area contributed by atoms with Crippen LogP contribution in [0.1, 0.15) is 59.1 Å². The predicted octanol–water partition coefficient (Wildman–Crippen LogP) is 4.30. The van der Waals surface area contributed by atoms with Crippen molar-refractivity contribution in [3.05, 3.63) is 34.3 Å². The normalized spacial score (nSPS) is 12.6. The summed E-state index contributed by atoms with van der Waals surface area (Å²) < 4.78 is 1.01. The number of benzene rings is 1. The molecular weight excluding hydrogens is 368 g/mol. The zero-order chi connectivity index (χ0) is 18.3. The SMILES string of the molecule is CCCN(C(=O)CCNC(=O)C(C)(C)C)C(C)c1ccccc1Br. The fourth-order valence-electron chi connectivity index (χ4n) is 2.45. The minimum Gasteiger partial charge on any atom is -0.355 e. The van der Waals surface area contributed by atoms with E-state index < -0.39 is 5.41 Å². The van der Waals surface area contributed by atoms with E-state index in [4.69, 9.17) is 0 Å². The van der Waals surface area contributed by atoms with Crippen LogP contribution in [-0.4, -0.2) is 29.8 Å². The minimum atomic E-state index is -0.436. The van der Waals surface area contributed by atoms with Gasteiger partial charge in [0.2, 0.25) is 11.8 Å². The Bertz CT molecular complexity index is 567. The molecule has 0 heterocycles. The van der Waals surface area contributed by atoms with Gasteiger partial charge in [-0.05, 0) is 25.0 Å². The Labute approximate surface area is 154 Å². The lowest BCUT2D eigenvalue weighted by molar-refractivity contribution is -0.133. The average molecular weight is 397 g/mol. The summed E-state index contributed by atoms with van der Waals surface area (Å²) in [7, 11) is 0. The van der Waals surface area contributed by atoms with Crippen molar-refractivity contribution in [3.63, 3.8) is 0 Å². The Hall–Kier alpha value is -1.36. The summed E-state index contributed by atoms with van der Waals surface area (Å²) in [4.78, 5) is 26.4. The first kappa shape index (κ1) is 20.7. The van der Waals surface area contributed by atoms with E-state index in [2.05, 4.69) is 28.2 Å². The van der Waals surface area contributed by atoms with E-state index in [0.29, 0.717) is 19.5 Å². The van der Waals surface area contributed by atoms with Crippen molar-refractivity contribution >= 4 is 27.7 Å². The number of hydrogen-bond acceptors (Lipinski definition) is 2. The van der Waals surface area contributed by atoms with Gasteiger partial charge in [0.05, 0.1) is 6.04 Å². The topological polar surface area (TPSA) is 49.4 Å². The highest BCUT2D eigenvalue weighted by Crippen LogP contribution is 2.28. The van der Waals surface area contributed by atoms with Crippen LogP contribution in [-0.2, 0) is 9.59 Å². The Morgan fingerprint density at radius 3 is 2.42 bits per heavy atom. The molecule has 5 heteroatoms. The van der Waals surface area contributed by atoms with Crippen LogP contribution in [0.4, 0.5) is 0 Å². The molecule has 1 rings (SSSR count). The van der Waals surface area contributed by atoms with Crippen LogP contribution in [0, 0.1) is 5.41 Å². The van der Waals surface area contributed by atoms with E-state index in [1.165, 1.54) is 0 Å². The maximum atomic E-state index is 12.6. The lowest BCUT2D eigenvalue weighted by atomic mass is 9.96. The number of carbonyl (C=O) groups is 2. The van der Waals surface area contributed by atoms with Crippen molar-refractivity contribution in [2.75, 3.05) is 13.1 Å². The highest BCUT2D eigenvalue weighted by molar-refractivity contribution is 9.10. The molecule has 0 aliphatic rings. The van der Waals surface area contributed by atoms with Crippen LogP contribution in [0.2, 0.25) is 0 Å². The summed E-state index contributed by atoms with van der Waals surface area (Å²) in [6.07, 6.45) is 1.21. The van der Waals surface area contributed by atoms with Crippen LogP contribution < -0.4 is 5.32 Å². The number of carbonyl (C=O) groups excluding carboxylic acids is 2. The second-order valence-electron chi connectivity index (χ2n) is 7.04. The summed E-state index contributed by atoms with van der Waals surface area (Å²) >= 11 is 3.56. The third kappa shape index (κ3) is 5.93. The summed E-state index contributed by atoms with van der Waals surface area (Å²) in [6, 6.07) is 7.96. The molecule has 1 unspecified atom stereocenters. The zero-order valence-electron chi connectivity index (χ0n) is 15.4. The molecule has 0 fully saturated rings. The number of nitrogens with zero attached hydrogens (tertiary/aromatic N) is 1. The Kier molecular flexibility index (Phi) is 7.94. The van der Waals surface area contributed by atoms with Gasteiger partial charge >= 0.3 is 0 Å². The first-order valence-corrected chi connectivity index (χ1v) is 9.30. The van der Waals surface area contributed by atoms with E-state index in [1.807, 2.05) is 56.9 Å². The lowest BCUT2D eigenvalue weighted by Crippen LogP contribution is -2.39. The molecule has 0 bridgehead atoms. The van der Waals surface area contributed by atoms with Gasteiger partial charge in [0.1, 0.15) is 0 Å². The van der Waals surface area contributed by atoms with Gasteiger partial charge in [-0.2, -0.15) is 0 Å². The molecule has 1 aromatic rings. The molecule has 0 saturated carbocycles. The average Bonchev–Trinajstić information content (AvgIpc) is 2.51. The molecule has 1 N–H and O–H groups in total. The molecule has 1 atom stereocenters. The molecule has 2 amide bonds. The van der Waals surface area contributed by atoms with Gasteiger partial charge in [0.15, 0.2) is 0 Å². The molecule has 0 aromatic heterocycles. The second kappa shape index (κ2) is 9.21. The summed E-state index contributed by atoms with van der Waals surface area (Å²) in [6.45, 7) is 10.8. The zero-order valence-corrected chi connectivity index (χ0v) is 16.9. The molecule has 24 heavy (non-hydrogen) atoms. The molecule has 1 aromatic carbocycles. The molecule has 0 saturated heterocycles. The van der Waals surface area contributed by atoms with E-state index in [-0.39, 0.29) is 17.9 Å². The predicted molar refractivity (Wildman–Crippen MR) is 102 cm³/mol. The fourth-order valence-corrected chi connectivity index (χ4v) is 3.06. The summed E-state index contributed by atoms with van der Waals surface area (Å²) in [5, 5.41) is 2.84. The highest BCUT2D eigenvalue weighted by Gasteiger charge is 2.24. The van der Waals surface area contributed by atoms with Gasteiger partial charge in [-0.15, -0.1) is 0 Å². The molecule has 0 aliphatic heterocycles. The van der Waals surface area contributed by atoms with Crippen molar-refractivity contribution in [1.82, 2.24) is 10.2 Å². The first-order valence-electron chi connectivity index (χ1n) is 8.50. The monoisotopic (exact) mass is 396 g/mol. The van der Waals surface area contributed by atoms with Crippen LogP contribution in [0.5, 0.6) is 0 Å². The Balaban J connectivity index is 2.72. The summed E-state index contributed by atoms with van der Waals surface area (Å²) in [5.41, 5.74) is 0.659. The van der Waals surface area contributed by atoms with Crippen molar-refractivity contribution in [3.8, 4) is 0 Å². The first-order chi connectivity index (χ1) is 11.2. The number of halogens is 1. The molecule has 0 radical (unpaired) electrons. The molecular formula is C19H29BrN2O2. The van der Waals surface area contributed by atoms with Gasteiger partial charge in [-0.25, -0.2) is 0 Å². The maximum Gasteiger partial charge on any atom is 0.225 e. The largest absolute Gasteiger partial charge is 0.355 e. The number of amides is 2. The standard InChI is InChI=1S/C19H29BrN2O2/c1-6-13-22(14(2)15-9-7-8-10-16(15)20)17(23)11-12-21-18(24)19(3,4)5/h7-10,14H,6,11-13H2,1-5H3,(H,21,24). The third-order valence-electron chi connectivity index (χ3n) is 3.91. The second-order valence-corrected chi connectivity index (χ2v) is 7.89. The lowest BCUT2D eigenvalue weighted by Gasteiger charge is -2.30. The molecule has 0 spiro atoms. The van der Waals surface area contributed by atoms with Gasteiger partial charge < -0.3 is 10.2 Å². The van der Waals surface area contributed by atoms with Crippen molar-refractivity contribution in [2.24, 2.45) is 5.41 Å². The molecule has 4 nitrogen and oxygen atoms in total. The quantitative estimate of drug-likeness (QED) is 0.746. The maximum absolute atomic E-state index is 12.6. The number of rotatable bonds is 7. The molecule has 134 valence electrons. The van der Waals surface area contributed by atoms with E-state index in [0.717, 1.165) is 16.5 Å². The third-order valence-corrected chi connectivity index (χ3v) is 4.64. The van der Waals surface area contributed by atoms with E-state index >= 15 is 0 Å². The summed E-state index contributed by atoms with van der Waals surface area (Å²) in [5.74, 6) is 0.0329. The molecule has 0 aliphatic carbocycles. The van der Waals surface area contributed by atoms with Crippen molar-refractivity contribution < 1.29 is 9.59 Å². The Morgan fingerprint density at radius 1 is 1.25 bits per heavy atom. The van der Waals surface area contributed by atoms with Crippen LogP contribution in [0.15, 0.2) is 28.7 Å². The van der Waals surface area contributed by atoms with Gasteiger partial charge in [-0.1, -0.05) is 61.8 Å².